The molecule has 0 aliphatic carbocycles. The van der Waals surface area contributed by atoms with E-state index in [1.165, 1.54) is 5.56 Å². The molecule has 1 N–H and O–H groups in total. The molecular weight excluding hydrogens is 432 g/mol. The molecule has 1 fully saturated rings. The Morgan fingerprint density at radius 3 is 2.36 bits per heavy atom. The van der Waals surface area contributed by atoms with Gasteiger partial charge in [-0.1, -0.05) is 72.3 Å². The van der Waals surface area contributed by atoms with Crippen molar-refractivity contribution in [1.82, 2.24) is 10.2 Å². The fraction of sp³-hybridized carbons (Fsp3) is 0.357. The summed E-state index contributed by atoms with van der Waals surface area (Å²) in [6.45, 7) is 7.01. The number of rotatable bonds is 10. The quantitative estimate of drug-likeness (QED) is 0.394. The molecule has 4 rings (SSSR count). The fourth-order valence-electron chi connectivity index (χ4n) is 4.29. The van der Waals surface area contributed by atoms with Crippen LogP contribution in [0.25, 0.3) is 0 Å². The number of benzene rings is 3. The van der Waals surface area contributed by atoms with Gasteiger partial charge >= 0.3 is 0 Å². The van der Waals surface area contributed by atoms with Crippen LogP contribution < -0.4 is 14.8 Å². The topological polar surface area (TPSA) is 33.7 Å². The Morgan fingerprint density at radius 2 is 1.61 bits per heavy atom. The van der Waals surface area contributed by atoms with Crippen LogP contribution in [0, 0.1) is 0 Å². The van der Waals surface area contributed by atoms with Gasteiger partial charge in [-0.2, -0.15) is 0 Å². The molecule has 5 heteroatoms. The van der Waals surface area contributed by atoms with E-state index in [1.807, 2.05) is 43.3 Å². The van der Waals surface area contributed by atoms with Gasteiger partial charge in [-0.15, -0.1) is 0 Å². The number of hydrogen-bond acceptors (Lipinski definition) is 4. The molecule has 0 radical (unpaired) electrons. The van der Waals surface area contributed by atoms with Crippen LogP contribution in [0.2, 0.25) is 5.02 Å². The lowest BCUT2D eigenvalue weighted by Crippen LogP contribution is -2.41. The fourth-order valence-corrected chi connectivity index (χ4v) is 4.48. The summed E-state index contributed by atoms with van der Waals surface area (Å²) >= 11 is 6.33. The van der Waals surface area contributed by atoms with Gasteiger partial charge in [-0.25, -0.2) is 0 Å². The largest absolute Gasteiger partial charge is 0.490 e. The molecular formula is C28H33ClN2O2. The Balaban J connectivity index is 1.34. The average Bonchev–Trinajstić information content (AvgIpc) is 2.85. The monoisotopic (exact) mass is 464 g/mol. The third-order valence-electron chi connectivity index (χ3n) is 6.11. The first-order valence-corrected chi connectivity index (χ1v) is 12.2. The van der Waals surface area contributed by atoms with Crippen molar-refractivity contribution < 1.29 is 9.47 Å². The first-order valence-electron chi connectivity index (χ1n) is 11.8. The summed E-state index contributed by atoms with van der Waals surface area (Å²) in [4.78, 5) is 2.54. The summed E-state index contributed by atoms with van der Waals surface area (Å²) in [6.07, 6.45) is 2.29. The van der Waals surface area contributed by atoms with Crippen molar-refractivity contribution in [3.05, 3.63) is 94.5 Å². The minimum atomic E-state index is 0.411. The van der Waals surface area contributed by atoms with Crippen LogP contribution in [0.1, 0.15) is 36.5 Å². The smallest absolute Gasteiger partial charge is 0.166 e. The molecule has 0 unspecified atom stereocenters. The molecule has 0 bridgehead atoms. The molecule has 1 saturated heterocycles. The molecule has 0 atom stereocenters. The molecule has 0 spiro atoms. The summed E-state index contributed by atoms with van der Waals surface area (Å²) in [5, 5.41) is 4.47. The predicted octanol–water partition coefficient (Wildman–Crippen LogP) is 6.07. The van der Waals surface area contributed by atoms with E-state index < -0.39 is 0 Å². The first-order chi connectivity index (χ1) is 16.2. The van der Waals surface area contributed by atoms with Crippen molar-refractivity contribution in [3.63, 3.8) is 0 Å². The lowest BCUT2D eigenvalue weighted by atomic mass is 10.0. The summed E-state index contributed by atoms with van der Waals surface area (Å²) in [6, 6.07) is 25.1. The van der Waals surface area contributed by atoms with Gasteiger partial charge in [0.05, 0.1) is 6.61 Å². The highest BCUT2D eigenvalue weighted by Gasteiger charge is 2.20. The molecule has 0 aromatic heterocycles. The van der Waals surface area contributed by atoms with E-state index in [4.69, 9.17) is 21.1 Å². The predicted molar refractivity (Wildman–Crippen MR) is 135 cm³/mol. The van der Waals surface area contributed by atoms with Gasteiger partial charge in [0.15, 0.2) is 11.5 Å². The van der Waals surface area contributed by atoms with E-state index in [0.717, 1.165) is 61.6 Å². The molecule has 4 nitrogen and oxygen atoms in total. The highest BCUT2D eigenvalue weighted by molar-refractivity contribution is 6.31. The molecule has 1 aliphatic heterocycles. The van der Waals surface area contributed by atoms with E-state index in [9.17, 15) is 0 Å². The average molecular weight is 465 g/mol. The van der Waals surface area contributed by atoms with Crippen LogP contribution in [0.3, 0.4) is 0 Å². The lowest BCUT2D eigenvalue weighted by molar-refractivity contribution is 0.189. The zero-order valence-corrected chi connectivity index (χ0v) is 20.1. The third kappa shape index (κ3) is 6.73. The standard InChI is InChI=1S/C28H33ClN2O2/c1-2-32-27-14-8-12-23(28(27)33-21-24-11-6-7-13-26(24)29)19-30-25-15-17-31(18-16-25)20-22-9-4-3-5-10-22/h3-14,25,30H,2,15-21H2,1H3. The van der Waals surface area contributed by atoms with E-state index in [2.05, 4.69) is 46.6 Å². The molecule has 3 aromatic carbocycles. The Bertz CT molecular complexity index is 1000. The van der Waals surface area contributed by atoms with Crippen molar-refractivity contribution in [2.24, 2.45) is 0 Å². The second-order valence-corrected chi connectivity index (χ2v) is 8.88. The van der Waals surface area contributed by atoms with Crippen LogP contribution in [0.5, 0.6) is 11.5 Å². The summed E-state index contributed by atoms with van der Waals surface area (Å²) in [5.41, 5.74) is 3.46. The number of para-hydroxylation sites is 1. The number of ether oxygens (including phenoxy) is 2. The van der Waals surface area contributed by atoms with Gasteiger partial charge < -0.3 is 14.8 Å². The Labute approximate surface area is 202 Å². The van der Waals surface area contributed by atoms with Gasteiger partial charge in [0.2, 0.25) is 0 Å². The van der Waals surface area contributed by atoms with Gasteiger partial charge in [0.1, 0.15) is 6.61 Å². The van der Waals surface area contributed by atoms with E-state index >= 15 is 0 Å². The molecule has 174 valence electrons. The van der Waals surface area contributed by atoms with Crippen molar-refractivity contribution in [2.75, 3.05) is 19.7 Å². The van der Waals surface area contributed by atoms with Crippen LogP contribution in [0.15, 0.2) is 72.8 Å². The maximum absolute atomic E-state index is 6.33. The molecule has 33 heavy (non-hydrogen) atoms. The zero-order valence-electron chi connectivity index (χ0n) is 19.3. The third-order valence-corrected chi connectivity index (χ3v) is 6.48. The SMILES string of the molecule is CCOc1cccc(CNC2CCN(Cc3ccccc3)CC2)c1OCc1ccccc1Cl. The van der Waals surface area contributed by atoms with Crippen LogP contribution >= 0.6 is 11.6 Å². The van der Waals surface area contributed by atoms with Crippen LogP contribution in [-0.4, -0.2) is 30.6 Å². The van der Waals surface area contributed by atoms with E-state index in [1.54, 1.807) is 0 Å². The highest BCUT2D eigenvalue weighted by atomic mass is 35.5. The Kier molecular flexibility index (Phi) is 8.65. The van der Waals surface area contributed by atoms with Gasteiger partial charge in [0, 0.05) is 35.3 Å². The number of hydrogen-bond donors (Lipinski definition) is 1. The summed E-state index contributed by atoms with van der Waals surface area (Å²) in [7, 11) is 0. The summed E-state index contributed by atoms with van der Waals surface area (Å²) < 4.78 is 12.1. The zero-order chi connectivity index (χ0) is 22.9. The van der Waals surface area contributed by atoms with E-state index in [0.29, 0.717) is 24.3 Å². The second-order valence-electron chi connectivity index (χ2n) is 8.47. The number of piperidine rings is 1. The minimum Gasteiger partial charge on any atom is -0.490 e. The number of halogens is 1. The second kappa shape index (κ2) is 12.1. The number of nitrogens with zero attached hydrogens (tertiary/aromatic N) is 1. The lowest BCUT2D eigenvalue weighted by Gasteiger charge is -2.32. The molecule has 3 aromatic rings. The van der Waals surface area contributed by atoms with Crippen LogP contribution in [-0.2, 0) is 19.7 Å². The van der Waals surface area contributed by atoms with Gasteiger partial charge in [-0.3, -0.25) is 4.90 Å². The van der Waals surface area contributed by atoms with Gasteiger partial charge in [-0.05, 0) is 50.6 Å². The van der Waals surface area contributed by atoms with Gasteiger partial charge in [0.25, 0.3) is 0 Å². The van der Waals surface area contributed by atoms with Crippen LogP contribution in [0.4, 0.5) is 0 Å². The summed E-state index contributed by atoms with van der Waals surface area (Å²) in [5.74, 6) is 1.58. The molecule has 0 amide bonds. The molecule has 1 aliphatic rings. The van der Waals surface area contributed by atoms with Crippen molar-refractivity contribution >= 4 is 11.6 Å². The molecule has 1 heterocycles. The maximum atomic E-state index is 6.33. The first kappa shape index (κ1) is 23.6. The van der Waals surface area contributed by atoms with E-state index in [-0.39, 0.29) is 0 Å². The van der Waals surface area contributed by atoms with Crippen molar-refractivity contribution in [3.8, 4) is 11.5 Å². The molecule has 0 saturated carbocycles. The number of likely N-dealkylation sites (tertiary alicyclic amines) is 1. The Hall–Kier alpha value is -2.53. The van der Waals surface area contributed by atoms with Crippen molar-refractivity contribution in [2.45, 2.75) is 45.5 Å². The normalized spacial score (nSPS) is 14.8. The van der Waals surface area contributed by atoms with Crippen molar-refractivity contribution in [1.29, 1.82) is 0 Å². The Morgan fingerprint density at radius 1 is 0.879 bits per heavy atom. The minimum absolute atomic E-state index is 0.411. The maximum Gasteiger partial charge on any atom is 0.166 e. The number of nitrogens with one attached hydrogen (secondary N) is 1. The highest BCUT2D eigenvalue weighted by Crippen LogP contribution is 2.33.